The van der Waals surface area contributed by atoms with Crippen molar-refractivity contribution in [2.45, 2.75) is 26.2 Å². The highest BCUT2D eigenvalue weighted by Crippen LogP contribution is 1.95. The molecule has 2 nitrogen and oxygen atoms in total. The van der Waals surface area contributed by atoms with Gasteiger partial charge in [-0.2, -0.15) is 0 Å². The van der Waals surface area contributed by atoms with Crippen molar-refractivity contribution in [3.8, 4) is 0 Å². The van der Waals surface area contributed by atoms with Gasteiger partial charge in [0.15, 0.2) is 0 Å². The van der Waals surface area contributed by atoms with Crippen LogP contribution >= 0.6 is 0 Å². The Bertz CT molecular complexity index is 93.4. The van der Waals surface area contributed by atoms with Crippen LogP contribution < -0.4 is 0 Å². The number of unbranched alkanes of at least 4 members (excludes halogenated alkanes) is 2. The van der Waals surface area contributed by atoms with Crippen LogP contribution in [-0.4, -0.2) is 11.7 Å². The van der Waals surface area contributed by atoms with E-state index in [0.29, 0.717) is 6.61 Å². The fourth-order valence-corrected chi connectivity index (χ4v) is 0.591. The Balaban J connectivity index is 2.98. The molecule has 0 atom stereocenters. The molecular weight excluding hydrogens is 128 g/mol. The minimum absolute atomic E-state index is 0.0171. The third-order valence-electron chi connectivity index (χ3n) is 1.09. The van der Waals surface area contributed by atoms with Gasteiger partial charge < -0.3 is 9.84 Å². The van der Waals surface area contributed by atoms with Crippen LogP contribution in [0, 0.1) is 6.92 Å². The van der Waals surface area contributed by atoms with Crippen molar-refractivity contribution in [1.82, 2.24) is 0 Å². The molecule has 0 aromatic rings. The molecule has 0 spiro atoms. The van der Waals surface area contributed by atoms with Crippen LogP contribution in [0.15, 0.2) is 12.0 Å². The predicted molar refractivity (Wildman–Crippen MR) is 41.5 cm³/mol. The second-order valence-electron chi connectivity index (χ2n) is 2.19. The van der Waals surface area contributed by atoms with E-state index in [1.165, 1.54) is 19.1 Å². The first-order chi connectivity index (χ1) is 4.77. The summed E-state index contributed by atoms with van der Waals surface area (Å²) in [6.45, 7) is 6.06. The zero-order valence-corrected chi connectivity index (χ0v) is 6.47. The van der Waals surface area contributed by atoms with E-state index in [1.54, 1.807) is 0 Å². The summed E-state index contributed by atoms with van der Waals surface area (Å²) >= 11 is 0. The number of rotatable bonds is 5. The van der Waals surface area contributed by atoms with Gasteiger partial charge in [0, 0.05) is 6.92 Å². The second-order valence-corrected chi connectivity index (χ2v) is 2.19. The third kappa shape index (κ3) is 7.34. The van der Waals surface area contributed by atoms with Crippen LogP contribution in [0.1, 0.15) is 26.2 Å². The van der Waals surface area contributed by atoms with Crippen molar-refractivity contribution in [3.63, 3.8) is 0 Å². The molecule has 0 aliphatic rings. The van der Waals surface area contributed by atoms with Crippen molar-refractivity contribution in [2.24, 2.45) is 0 Å². The summed E-state index contributed by atoms with van der Waals surface area (Å²) in [5, 5.41) is 8.53. The smallest absolute Gasteiger partial charge is 0.127 e. The number of aliphatic hydroxyl groups is 1. The normalized spacial score (nSPS) is 11.6. The van der Waals surface area contributed by atoms with Crippen LogP contribution in [0.4, 0.5) is 0 Å². The van der Waals surface area contributed by atoms with Gasteiger partial charge in [0.2, 0.25) is 0 Å². The Kier molecular flexibility index (Phi) is 6.03. The first-order valence-corrected chi connectivity index (χ1v) is 3.60. The topological polar surface area (TPSA) is 29.5 Å². The molecule has 2 heteroatoms. The first-order valence-electron chi connectivity index (χ1n) is 3.60. The lowest BCUT2D eigenvalue weighted by molar-refractivity contribution is 0.225. The van der Waals surface area contributed by atoms with Crippen molar-refractivity contribution in [1.29, 1.82) is 0 Å². The van der Waals surface area contributed by atoms with E-state index < -0.39 is 0 Å². The SMILES string of the molecule is [CH2]/C(O)=C/OCCCCC. The van der Waals surface area contributed by atoms with Crippen molar-refractivity contribution in [3.05, 3.63) is 18.9 Å². The van der Waals surface area contributed by atoms with Crippen LogP contribution in [0.3, 0.4) is 0 Å². The Morgan fingerprint density at radius 3 is 2.80 bits per heavy atom. The van der Waals surface area contributed by atoms with Gasteiger partial charge in [0.25, 0.3) is 0 Å². The highest BCUT2D eigenvalue weighted by atomic mass is 16.5. The summed E-state index contributed by atoms with van der Waals surface area (Å²) in [7, 11) is 0. The van der Waals surface area contributed by atoms with E-state index in [2.05, 4.69) is 13.8 Å². The van der Waals surface area contributed by atoms with E-state index in [-0.39, 0.29) is 5.76 Å². The summed E-state index contributed by atoms with van der Waals surface area (Å²) in [4.78, 5) is 0. The Morgan fingerprint density at radius 1 is 1.60 bits per heavy atom. The summed E-state index contributed by atoms with van der Waals surface area (Å²) in [5.41, 5.74) is 0. The fourth-order valence-electron chi connectivity index (χ4n) is 0.591. The fraction of sp³-hybridized carbons (Fsp3) is 0.625. The largest absolute Gasteiger partial charge is 0.509 e. The molecule has 0 aromatic carbocycles. The van der Waals surface area contributed by atoms with Gasteiger partial charge in [-0.25, -0.2) is 0 Å². The number of hydrogen-bond donors (Lipinski definition) is 1. The molecule has 0 saturated heterocycles. The molecule has 0 heterocycles. The molecule has 0 aromatic heterocycles. The molecule has 1 radical (unpaired) electrons. The van der Waals surface area contributed by atoms with E-state index in [0.717, 1.165) is 6.42 Å². The summed E-state index contributed by atoms with van der Waals surface area (Å²) in [5.74, 6) is -0.0171. The van der Waals surface area contributed by atoms with E-state index in [4.69, 9.17) is 9.84 Å². The van der Waals surface area contributed by atoms with Crippen molar-refractivity contribution in [2.75, 3.05) is 6.61 Å². The molecule has 0 aliphatic heterocycles. The number of allylic oxidation sites excluding steroid dienone is 1. The van der Waals surface area contributed by atoms with Gasteiger partial charge >= 0.3 is 0 Å². The molecule has 0 rings (SSSR count). The van der Waals surface area contributed by atoms with Gasteiger partial charge in [-0.1, -0.05) is 19.8 Å². The lowest BCUT2D eigenvalue weighted by atomic mass is 10.3. The standard InChI is InChI=1S/C8H15O2/c1-3-4-5-6-10-7-8(2)9/h7,9H,2-6H2,1H3/b8-7-. The number of hydrogen-bond acceptors (Lipinski definition) is 2. The minimum atomic E-state index is -0.0171. The second kappa shape index (κ2) is 6.46. The molecular formula is C8H15O2. The summed E-state index contributed by atoms with van der Waals surface area (Å²) < 4.78 is 4.92. The van der Waals surface area contributed by atoms with E-state index >= 15 is 0 Å². The minimum Gasteiger partial charge on any atom is -0.509 e. The molecule has 0 unspecified atom stereocenters. The average molecular weight is 143 g/mol. The predicted octanol–water partition coefficient (Wildman–Crippen LogP) is 2.43. The molecule has 1 N–H and O–H groups in total. The van der Waals surface area contributed by atoms with Gasteiger partial charge in [-0.3, -0.25) is 0 Å². The summed E-state index contributed by atoms with van der Waals surface area (Å²) in [6, 6.07) is 0. The van der Waals surface area contributed by atoms with Crippen molar-refractivity contribution < 1.29 is 9.84 Å². The lowest BCUT2D eigenvalue weighted by Crippen LogP contribution is -1.87. The third-order valence-corrected chi connectivity index (χ3v) is 1.09. The van der Waals surface area contributed by atoms with Gasteiger partial charge in [-0.15, -0.1) is 0 Å². The van der Waals surface area contributed by atoms with Crippen LogP contribution in [-0.2, 0) is 4.74 Å². The Labute approximate surface area is 62.5 Å². The summed E-state index contributed by atoms with van der Waals surface area (Å²) in [6.07, 6.45) is 4.67. The highest BCUT2D eigenvalue weighted by Gasteiger charge is 1.84. The average Bonchev–Trinajstić information content (AvgIpc) is 1.87. The molecule has 0 saturated carbocycles. The Hall–Kier alpha value is -0.660. The maximum absolute atomic E-state index is 8.53. The first kappa shape index (κ1) is 9.34. The Morgan fingerprint density at radius 2 is 2.30 bits per heavy atom. The highest BCUT2D eigenvalue weighted by molar-refractivity contribution is 4.86. The molecule has 0 aliphatic carbocycles. The molecule has 59 valence electrons. The quantitative estimate of drug-likeness (QED) is 0.473. The number of ether oxygens (including phenoxy) is 1. The number of aliphatic hydroxyl groups excluding tert-OH is 1. The maximum atomic E-state index is 8.53. The van der Waals surface area contributed by atoms with E-state index in [9.17, 15) is 0 Å². The van der Waals surface area contributed by atoms with Gasteiger partial charge in [-0.05, 0) is 6.42 Å². The lowest BCUT2D eigenvalue weighted by Gasteiger charge is -1.98. The van der Waals surface area contributed by atoms with Crippen molar-refractivity contribution >= 4 is 0 Å². The van der Waals surface area contributed by atoms with Gasteiger partial charge in [0.05, 0.1) is 6.61 Å². The van der Waals surface area contributed by atoms with Crippen LogP contribution in [0.5, 0.6) is 0 Å². The molecule has 0 fully saturated rings. The van der Waals surface area contributed by atoms with Gasteiger partial charge in [0.1, 0.15) is 12.0 Å². The zero-order chi connectivity index (χ0) is 7.82. The maximum Gasteiger partial charge on any atom is 0.127 e. The molecule has 0 bridgehead atoms. The molecule has 0 amide bonds. The van der Waals surface area contributed by atoms with Crippen LogP contribution in [0.25, 0.3) is 0 Å². The molecule has 10 heavy (non-hydrogen) atoms. The monoisotopic (exact) mass is 143 g/mol. The zero-order valence-electron chi connectivity index (χ0n) is 6.47. The van der Waals surface area contributed by atoms with Crippen LogP contribution in [0.2, 0.25) is 0 Å². The van der Waals surface area contributed by atoms with E-state index in [1.807, 2.05) is 0 Å².